The Balaban J connectivity index is 1.61. The smallest absolute Gasteiger partial charge is 0.257 e. The molecule has 1 amide bonds. The van der Waals surface area contributed by atoms with Gasteiger partial charge in [-0.05, 0) is 48.7 Å². The lowest BCUT2D eigenvalue weighted by atomic mass is 10.0. The maximum absolute atomic E-state index is 12.8. The van der Waals surface area contributed by atoms with Gasteiger partial charge in [0.2, 0.25) is 0 Å². The Morgan fingerprint density at radius 3 is 2.53 bits per heavy atom. The van der Waals surface area contributed by atoms with Gasteiger partial charge in [0.25, 0.3) is 5.91 Å². The number of halogens is 2. The first-order valence-corrected chi connectivity index (χ1v) is 10.3. The Kier molecular flexibility index (Phi) is 5.75. The van der Waals surface area contributed by atoms with Crippen LogP contribution in [0, 0.1) is 13.8 Å². The van der Waals surface area contributed by atoms with Gasteiger partial charge in [-0.3, -0.25) is 4.79 Å². The number of carbonyl (C=O) groups excluding carboxylic acids is 1. The van der Waals surface area contributed by atoms with Crippen LogP contribution in [-0.4, -0.2) is 20.5 Å². The zero-order valence-electron chi connectivity index (χ0n) is 16.6. The number of rotatable bonds is 5. The molecule has 0 radical (unpaired) electrons. The van der Waals surface area contributed by atoms with E-state index in [0.29, 0.717) is 29.2 Å². The maximum atomic E-state index is 12.8. The highest BCUT2D eigenvalue weighted by atomic mass is 35.5. The normalized spacial score (nSPS) is 11.1. The molecule has 0 aliphatic carbocycles. The second kappa shape index (κ2) is 8.46. The van der Waals surface area contributed by atoms with E-state index in [1.807, 2.05) is 50.2 Å². The third kappa shape index (κ3) is 4.04. The summed E-state index contributed by atoms with van der Waals surface area (Å²) in [6, 6.07) is 15.1. The molecule has 0 saturated heterocycles. The van der Waals surface area contributed by atoms with Crippen molar-refractivity contribution < 1.29 is 4.79 Å². The average molecular weight is 439 g/mol. The largest absolute Gasteiger partial charge is 0.348 e. The van der Waals surface area contributed by atoms with E-state index in [1.165, 1.54) is 0 Å². The fourth-order valence-electron chi connectivity index (χ4n) is 3.44. The Morgan fingerprint density at radius 1 is 1.07 bits per heavy atom. The predicted octanol–water partition coefficient (Wildman–Crippen LogP) is 5.17. The Labute approximate surface area is 184 Å². The molecule has 7 heteroatoms. The summed E-state index contributed by atoms with van der Waals surface area (Å²) in [7, 11) is 0. The molecule has 2 aromatic heterocycles. The van der Waals surface area contributed by atoms with Gasteiger partial charge in [-0.2, -0.15) is 5.10 Å². The number of benzene rings is 2. The van der Waals surface area contributed by atoms with E-state index in [2.05, 4.69) is 15.4 Å². The third-order valence-corrected chi connectivity index (χ3v) is 5.77. The standard InChI is InChI=1S/C23H20Cl2N4O/c1-14-19(11-17-5-3-4-6-21(17)25)15(2)29-22(28-14)20(13-27-29)23(30)26-12-16-7-9-18(24)10-8-16/h3-10,13H,11-12H2,1-2H3,(H,26,30). The van der Waals surface area contributed by atoms with Crippen LogP contribution in [0.5, 0.6) is 0 Å². The van der Waals surface area contributed by atoms with Gasteiger partial charge in [0.05, 0.1) is 6.20 Å². The lowest BCUT2D eigenvalue weighted by molar-refractivity contribution is 0.0952. The van der Waals surface area contributed by atoms with E-state index in [1.54, 1.807) is 22.8 Å². The van der Waals surface area contributed by atoms with Crippen LogP contribution < -0.4 is 5.32 Å². The molecular formula is C23H20Cl2N4O. The molecule has 0 unspecified atom stereocenters. The minimum atomic E-state index is -0.217. The summed E-state index contributed by atoms with van der Waals surface area (Å²) in [4.78, 5) is 17.4. The van der Waals surface area contributed by atoms with Crippen LogP contribution in [0.2, 0.25) is 10.0 Å². The van der Waals surface area contributed by atoms with Gasteiger partial charge < -0.3 is 5.32 Å². The Hall–Kier alpha value is -2.89. The minimum Gasteiger partial charge on any atom is -0.348 e. The number of nitrogens with zero attached hydrogens (tertiary/aromatic N) is 3. The summed E-state index contributed by atoms with van der Waals surface area (Å²) in [5, 5.41) is 8.72. The monoisotopic (exact) mass is 438 g/mol. The van der Waals surface area contributed by atoms with Crippen molar-refractivity contribution in [2.75, 3.05) is 0 Å². The quantitative estimate of drug-likeness (QED) is 0.467. The van der Waals surface area contributed by atoms with Crippen molar-refractivity contribution in [2.45, 2.75) is 26.8 Å². The molecule has 2 aromatic carbocycles. The number of nitrogens with one attached hydrogen (secondary N) is 1. The van der Waals surface area contributed by atoms with E-state index < -0.39 is 0 Å². The van der Waals surface area contributed by atoms with Gasteiger partial charge in [0, 0.05) is 34.4 Å². The number of hydrogen-bond donors (Lipinski definition) is 1. The van der Waals surface area contributed by atoms with Gasteiger partial charge in [0.15, 0.2) is 5.65 Å². The summed E-state index contributed by atoms with van der Waals surface area (Å²) in [6.45, 7) is 4.33. The molecule has 4 aromatic rings. The summed E-state index contributed by atoms with van der Waals surface area (Å²) in [5.74, 6) is -0.217. The maximum Gasteiger partial charge on any atom is 0.257 e. The molecule has 0 aliphatic heterocycles. The second-order valence-electron chi connectivity index (χ2n) is 7.13. The predicted molar refractivity (Wildman–Crippen MR) is 119 cm³/mol. The Bertz CT molecular complexity index is 1230. The highest BCUT2D eigenvalue weighted by molar-refractivity contribution is 6.31. The zero-order chi connectivity index (χ0) is 21.3. The van der Waals surface area contributed by atoms with Crippen molar-refractivity contribution in [3.63, 3.8) is 0 Å². The van der Waals surface area contributed by atoms with Crippen molar-refractivity contribution in [1.82, 2.24) is 19.9 Å². The van der Waals surface area contributed by atoms with Crippen LogP contribution in [0.25, 0.3) is 5.65 Å². The molecule has 2 heterocycles. The van der Waals surface area contributed by atoms with Crippen molar-refractivity contribution in [2.24, 2.45) is 0 Å². The van der Waals surface area contributed by atoms with Crippen LogP contribution in [0.1, 0.15) is 38.4 Å². The molecule has 4 rings (SSSR count). The fraction of sp³-hybridized carbons (Fsp3) is 0.174. The van der Waals surface area contributed by atoms with Crippen molar-refractivity contribution in [3.05, 3.63) is 98.4 Å². The Morgan fingerprint density at radius 2 is 1.80 bits per heavy atom. The summed E-state index contributed by atoms with van der Waals surface area (Å²) in [6.07, 6.45) is 2.21. The van der Waals surface area contributed by atoms with Gasteiger partial charge >= 0.3 is 0 Å². The number of aryl methyl sites for hydroxylation is 2. The second-order valence-corrected chi connectivity index (χ2v) is 7.98. The number of aromatic nitrogens is 3. The topological polar surface area (TPSA) is 59.3 Å². The molecule has 30 heavy (non-hydrogen) atoms. The zero-order valence-corrected chi connectivity index (χ0v) is 18.1. The lowest BCUT2D eigenvalue weighted by Gasteiger charge is -2.12. The first kappa shape index (κ1) is 20.4. The molecule has 1 N–H and O–H groups in total. The summed E-state index contributed by atoms with van der Waals surface area (Å²) in [5.41, 5.74) is 5.82. The van der Waals surface area contributed by atoms with Gasteiger partial charge in [-0.15, -0.1) is 0 Å². The lowest BCUT2D eigenvalue weighted by Crippen LogP contribution is -2.23. The van der Waals surface area contributed by atoms with E-state index >= 15 is 0 Å². The van der Waals surface area contributed by atoms with Crippen LogP contribution in [0.3, 0.4) is 0 Å². The molecule has 0 spiro atoms. The average Bonchev–Trinajstić information content (AvgIpc) is 3.15. The molecular weight excluding hydrogens is 419 g/mol. The SMILES string of the molecule is Cc1nc2c(C(=O)NCc3ccc(Cl)cc3)cnn2c(C)c1Cc1ccccc1Cl. The van der Waals surface area contributed by atoms with Gasteiger partial charge in [-0.25, -0.2) is 9.50 Å². The van der Waals surface area contributed by atoms with Crippen LogP contribution in [0.4, 0.5) is 0 Å². The van der Waals surface area contributed by atoms with Crippen LogP contribution in [0.15, 0.2) is 54.7 Å². The molecule has 0 atom stereocenters. The summed E-state index contributed by atoms with van der Waals surface area (Å²) < 4.78 is 1.72. The number of amides is 1. The van der Waals surface area contributed by atoms with Crippen molar-refractivity contribution in [3.8, 4) is 0 Å². The van der Waals surface area contributed by atoms with Crippen molar-refractivity contribution in [1.29, 1.82) is 0 Å². The molecule has 0 aliphatic rings. The van der Waals surface area contributed by atoms with E-state index in [0.717, 1.165) is 33.1 Å². The van der Waals surface area contributed by atoms with Crippen LogP contribution in [-0.2, 0) is 13.0 Å². The first-order valence-electron chi connectivity index (χ1n) is 9.54. The van der Waals surface area contributed by atoms with E-state index in [9.17, 15) is 4.79 Å². The third-order valence-electron chi connectivity index (χ3n) is 5.14. The molecule has 152 valence electrons. The highest BCUT2D eigenvalue weighted by Gasteiger charge is 2.18. The molecule has 0 bridgehead atoms. The van der Waals surface area contributed by atoms with Crippen LogP contribution >= 0.6 is 23.2 Å². The number of fused-ring (bicyclic) bond motifs is 1. The van der Waals surface area contributed by atoms with Crippen molar-refractivity contribution >= 4 is 34.8 Å². The number of hydrogen-bond acceptors (Lipinski definition) is 3. The summed E-state index contributed by atoms with van der Waals surface area (Å²) >= 11 is 12.2. The first-order chi connectivity index (χ1) is 14.4. The van der Waals surface area contributed by atoms with E-state index in [-0.39, 0.29) is 5.91 Å². The van der Waals surface area contributed by atoms with Gasteiger partial charge in [0.1, 0.15) is 5.56 Å². The minimum absolute atomic E-state index is 0.217. The molecule has 5 nitrogen and oxygen atoms in total. The fourth-order valence-corrected chi connectivity index (χ4v) is 3.77. The number of carbonyl (C=O) groups is 1. The van der Waals surface area contributed by atoms with E-state index in [4.69, 9.17) is 23.2 Å². The molecule has 0 saturated carbocycles. The van der Waals surface area contributed by atoms with Gasteiger partial charge in [-0.1, -0.05) is 53.5 Å². The molecule has 0 fully saturated rings. The highest BCUT2D eigenvalue weighted by Crippen LogP contribution is 2.24.